The molecular formula is C10H7ClN2O4S. The highest BCUT2D eigenvalue weighted by atomic mass is 35.7. The van der Waals surface area contributed by atoms with E-state index in [9.17, 15) is 18.0 Å². The quantitative estimate of drug-likeness (QED) is 0.812. The van der Waals surface area contributed by atoms with Crippen LogP contribution < -0.4 is 11.2 Å². The highest BCUT2D eigenvalue weighted by molar-refractivity contribution is 8.13. The summed E-state index contributed by atoms with van der Waals surface area (Å²) in [7, 11) is 1.29. The number of rotatable bonds is 2. The molecule has 1 heterocycles. The summed E-state index contributed by atoms with van der Waals surface area (Å²) >= 11 is 0. The number of H-pyrrole nitrogens is 1. The zero-order chi connectivity index (χ0) is 13.3. The normalized spacial score (nSPS) is 11.4. The first-order chi connectivity index (χ1) is 8.39. The number of para-hydroxylation sites is 1. The highest BCUT2D eigenvalue weighted by Gasteiger charge is 2.16. The molecule has 8 heteroatoms. The van der Waals surface area contributed by atoms with Crippen molar-refractivity contribution in [2.75, 3.05) is 0 Å². The Morgan fingerprint density at radius 3 is 2.39 bits per heavy atom. The van der Waals surface area contributed by atoms with E-state index in [1.165, 1.54) is 24.4 Å². The number of halogens is 1. The van der Waals surface area contributed by atoms with Crippen LogP contribution in [0.4, 0.5) is 0 Å². The molecule has 18 heavy (non-hydrogen) atoms. The van der Waals surface area contributed by atoms with Gasteiger partial charge < -0.3 is 0 Å². The van der Waals surface area contributed by atoms with E-state index in [0.717, 1.165) is 10.6 Å². The maximum atomic E-state index is 11.6. The van der Waals surface area contributed by atoms with Gasteiger partial charge in [-0.1, -0.05) is 12.1 Å². The number of hydrogen-bond acceptors (Lipinski definition) is 4. The van der Waals surface area contributed by atoms with Crippen LogP contribution in [0.2, 0.25) is 0 Å². The molecule has 0 aliphatic carbocycles. The average molecular weight is 287 g/mol. The van der Waals surface area contributed by atoms with Gasteiger partial charge in [0.15, 0.2) is 0 Å². The number of nitrogens with zero attached hydrogens (tertiary/aromatic N) is 1. The van der Waals surface area contributed by atoms with E-state index in [4.69, 9.17) is 10.7 Å². The molecule has 0 bridgehead atoms. The van der Waals surface area contributed by atoms with Crippen molar-refractivity contribution in [2.45, 2.75) is 4.90 Å². The van der Waals surface area contributed by atoms with Crippen LogP contribution in [-0.2, 0) is 9.05 Å². The monoisotopic (exact) mass is 286 g/mol. The Bertz CT molecular complexity index is 807. The SMILES string of the molecule is O=c1ccn(-c2ccccc2S(=O)(=O)Cl)c(=O)[nH]1. The topological polar surface area (TPSA) is 89.0 Å². The van der Waals surface area contributed by atoms with Crippen LogP contribution in [0.25, 0.3) is 5.69 Å². The van der Waals surface area contributed by atoms with Gasteiger partial charge >= 0.3 is 5.69 Å². The van der Waals surface area contributed by atoms with Crippen LogP contribution in [-0.4, -0.2) is 18.0 Å². The van der Waals surface area contributed by atoms with E-state index in [-0.39, 0.29) is 10.6 Å². The Morgan fingerprint density at radius 2 is 1.78 bits per heavy atom. The Hall–Kier alpha value is -1.86. The lowest BCUT2D eigenvalue weighted by molar-refractivity contribution is 0.609. The van der Waals surface area contributed by atoms with Crippen LogP contribution in [0.3, 0.4) is 0 Å². The van der Waals surface area contributed by atoms with E-state index < -0.39 is 20.3 Å². The van der Waals surface area contributed by atoms with Gasteiger partial charge in [0.1, 0.15) is 4.90 Å². The van der Waals surface area contributed by atoms with Crippen LogP contribution in [0.5, 0.6) is 0 Å². The summed E-state index contributed by atoms with van der Waals surface area (Å²) in [6.45, 7) is 0. The molecule has 1 N–H and O–H groups in total. The fourth-order valence-corrected chi connectivity index (χ4v) is 2.52. The van der Waals surface area contributed by atoms with Crippen molar-refractivity contribution >= 4 is 19.7 Å². The molecule has 0 saturated carbocycles. The summed E-state index contributed by atoms with van der Waals surface area (Å²) in [5.41, 5.74) is -1.23. The van der Waals surface area contributed by atoms with Crippen molar-refractivity contribution in [2.24, 2.45) is 0 Å². The van der Waals surface area contributed by atoms with Crippen molar-refractivity contribution in [1.82, 2.24) is 9.55 Å². The summed E-state index contributed by atoms with van der Waals surface area (Å²) in [6, 6.07) is 6.83. The predicted molar refractivity (Wildman–Crippen MR) is 65.7 cm³/mol. The Labute approximate surface area is 106 Å². The van der Waals surface area contributed by atoms with Gasteiger partial charge in [-0.15, -0.1) is 0 Å². The molecule has 0 aliphatic heterocycles. The fourth-order valence-electron chi connectivity index (χ4n) is 1.47. The average Bonchev–Trinajstić information content (AvgIpc) is 2.28. The minimum absolute atomic E-state index is 0.0775. The summed E-state index contributed by atoms with van der Waals surface area (Å²) in [6.07, 6.45) is 1.18. The molecule has 6 nitrogen and oxygen atoms in total. The highest BCUT2D eigenvalue weighted by Crippen LogP contribution is 2.21. The maximum Gasteiger partial charge on any atom is 0.332 e. The van der Waals surface area contributed by atoms with Gasteiger partial charge in [0, 0.05) is 22.9 Å². The predicted octanol–water partition coefficient (Wildman–Crippen LogP) is 0.453. The second-order valence-corrected chi connectivity index (χ2v) is 5.92. The van der Waals surface area contributed by atoms with E-state index in [2.05, 4.69) is 0 Å². The summed E-state index contributed by atoms with van der Waals surface area (Å²) in [4.78, 5) is 24.4. The molecule has 0 aliphatic rings. The van der Waals surface area contributed by atoms with Crippen molar-refractivity contribution in [3.05, 3.63) is 57.4 Å². The van der Waals surface area contributed by atoms with E-state index in [0.29, 0.717) is 0 Å². The molecule has 1 aromatic heterocycles. The first-order valence-corrected chi connectivity index (χ1v) is 7.06. The molecule has 0 fully saturated rings. The number of aromatic nitrogens is 2. The third-order valence-electron chi connectivity index (χ3n) is 2.21. The molecule has 2 aromatic rings. The number of aromatic amines is 1. The van der Waals surface area contributed by atoms with Gasteiger partial charge in [0.25, 0.3) is 14.6 Å². The lowest BCUT2D eigenvalue weighted by Gasteiger charge is -2.08. The van der Waals surface area contributed by atoms with Crippen LogP contribution in [0.15, 0.2) is 51.0 Å². The van der Waals surface area contributed by atoms with Crippen molar-refractivity contribution in [3.63, 3.8) is 0 Å². The van der Waals surface area contributed by atoms with E-state index in [1.54, 1.807) is 6.07 Å². The zero-order valence-corrected chi connectivity index (χ0v) is 10.4. The smallest absolute Gasteiger partial charge is 0.274 e. The van der Waals surface area contributed by atoms with E-state index in [1.807, 2.05) is 4.98 Å². The molecule has 0 atom stereocenters. The molecule has 0 saturated heterocycles. The fraction of sp³-hybridized carbons (Fsp3) is 0. The summed E-state index contributed by atoms with van der Waals surface area (Å²) in [5, 5.41) is 0. The molecule has 94 valence electrons. The second kappa shape index (κ2) is 4.43. The molecule has 0 unspecified atom stereocenters. The van der Waals surface area contributed by atoms with Gasteiger partial charge in [-0.2, -0.15) is 0 Å². The number of benzene rings is 1. The first-order valence-electron chi connectivity index (χ1n) is 4.75. The molecule has 1 aromatic carbocycles. The zero-order valence-electron chi connectivity index (χ0n) is 8.83. The molecule has 0 amide bonds. The standard InChI is InChI=1S/C10H7ClN2O4S/c11-18(16,17)8-4-2-1-3-7(8)13-6-5-9(14)12-10(13)15/h1-6H,(H,12,14,15). The molecule has 2 rings (SSSR count). The van der Waals surface area contributed by atoms with Gasteiger partial charge in [0.05, 0.1) is 5.69 Å². The minimum Gasteiger partial charge on any atom is -0.274 e. The van der Waals surface area contributed by atoms with Gasteiger partial charge in [-0.25, -0.2) is 13.2 Å². The second-order valence-electron chi connectivity index (χ2n) is 3.39. The van der Waals surface area contributed by atoms with E-state index >= 15 is 0 Å². The third-order valence-corrected chi connectivity index (χ3v) is 3.58. The van der Waals surface area contributed by atoms with Gasteiger partial charge in [-0.3, -0.25) is 14.3 Å². The van der Waals surface area contributed by atoms with Crippen LogP contribution >= 0.6 is 10.7 Å². The molecular weight excluding hydrogens is 280 g/mol. The third kappa shape index (κ3) is 2.36. The molecule has 0 radical (unpaired) electrons. The summed E-state index contributed by atoms with van der Waals surface area (Å²) in [5.74, 6) is 0. The number of nitrogens with one attached hydrogen (secondary N) is 1. The molecule has 0 spiro atoms. The minimum atomic E-state index is -3.99. The van der Waals surface area contributed by atoms with Crippen LogP contribution in [0, 0.1) is 0 Å². The van der Waals surface area contributed by atoms with Crippen molar-refractivity contribution < 1.29 is 8.42 Å². The van der Waals surface area contributed by atoms with Gasteiger partial charge in [0.2, 0.25) is 0 Å². The van der Waals surface area contributed by atoms with Crippen molar-refractivity contribution in [1.29, 1.82) is 0 Å². The Balaban J connectivity index is 2.81. The Kier molecular flexibility index (Phi) is 3.10. The maximum absolute atomic E-state index is 11.6. The lowest BCUT2D eigenvalue weighted by Crippen LogP contribution is -2.28. The van der Waals surface area contributed by atoms with Gasteiger partial charge in [-0.05, 0) is 12.1 Å². The lowest BCUT2D eigenvalue weighted by atomic mass is 10.3. The summed E-state index contributed by atoms with van der Waals surface area (Å²) < 4.78 is 23.8. The Morgan fingerprint density at radius 1 is 1.11 bits per heavy atom. The number of hydrogen-bond donors (Lipinski definition) is 1. The first kappa shape index (κ1) is 12.6. The van der Waals surface area contributed by atoms with Crippen LogP contribution in [0.1, 0.15) is 0 Å². The largest absolute Gasteiger partial charge is 0.332 e. The van der Waals surface area contributed by atoms with Crippen molar-refractivity contribution in [3.8, 4) is 5.69 Å².